The summed E-state index contributed by atoms with van der Waals surface area (Å²) >= 11 is 0. The molecule has 1 aromatic carbocycles. The van der Waals surface area contributed by atoms with Crippen LogP contribution in [0.3, 0.4) is 0 Å². The second-order valence-electron chi connectivity index (χ2n) is 9.14. The first-order valence-corrected chi connectivity index (χ1v) is 12.8. The average molecular weight is 496 g/mol. The highest BCUT2D eigenvalue weighted by molar-refractivity contribution is 5.84. The molecule has 0 bridgehead atoms. The number of likely N-dealkylation sites (N-methyl/N-ethyl adjacent to an activating group) is 2. The number of nitrogens with one attached hydrogen (secondary N) is 1. The van der Waals surface area contributed by atoms with Gasteiger partial charge >= 0.3 is 0 Å². The quantitative estimate of drug-likeness (QED) is 0.141. The fraction of sp³-hybridized carbons (Fsp3) is 0.467. The SMILES string of the molecule is C=CN(CCCC)/C(N=C)=C(/NCC)C(=C)N(C)CCCC(=C)CN=C(C)Cc1cc(F)ccc1C. The van der Waals surface area contributed by atoms with Crippen molar-refractivity contribution in [1.29, 1.82) is 0 Å². The first-order valence-electron chi connectivity index (χ1n) is 12.8. The molecule has 1 aromatic rings. The highest BCUT2D eigenvalue weighted by atomic mass is 19.1. The maximum atomic E-state index is 13.6. The van der Waals surface area contributed by atoms with Gasteiger partial charge in [0.1, 0.15) is 11.5 Å². The standard InChI is InChI=1S/C30H46FN5/c1-10-13-19-36(12-3)30(32-8)29(33-11-2)26(7)35(9)18-14-15-23(4)22-34-25(6)20-27-21-28(31)17-16-24(27)5/h12,16-17,21,33H,3-4,7-8,10-11,13-15,18-20,22H2,1-2,5-6,9H3/b30-29+,34-25?. The fourth-order valence-electron chi connectivity index (χ4n) is 3.79. The van der Waals surface area contributed by atoms with E-state index in [9.17, 15) is 4.39 Å². The van der Waals surface area contributed by atoms with Crippen LogP contribution in [0, 0.1) is 12.7 Å². The van der Waals surface area contributed by atoms with Crippen molar-refractivity contribution in [3.63, 3.8) is 0 Å². The van der Waals surface area contributed by atoms with Crippen LogP contribution in [-0.4, -0.2) is 55.5 Å². The molecule has 36 heavy (non-hydrogen) atoms. The van der Waals surface area contributed by atoms with Crippen LogP contribution in [0.4, 0.5) is 4.39 Å². The van der Waals surface area contributed by atoms with E-state index < -0.39 is 0 Å². The number of rotatable bonds is 18. The summed E-state index contributed by atoms with van der Waals surface area (Å²) in [4.78, 5) is 13.2. The molecule has 0 aliphatic heterocycles. The van der Waals surface area contributed by atoms with Crippen molar-refractivity contribution in [3.05, 3.63) is 83.9 Å². The second-order valence-corrected chi connectivity index (χ2v) is 9.14. The monoisotopic (exact) mass is 495 g/mol. The van der Waals surface area contributed by atoms with E-state index in [4.69, 9.17) is 0 Å². The van der Waals surface area contributed by atoms with Gasteiger partial charge in [-0.15, -0.1) is 0 Å². The van der Waals surface area contributed by atoms with Gasteiger partial charge in [-0.1, -0.05) is 44.7 Å². The van der Waals surface area contributed by atoms with Crippen LogP contribution in [-0.2, 0) is 6.42 Å². The van der Waals surface area contributed by atoms with E-state index >= 15 is 0 Å². The number of hydrogen-bond donors (Lipinski definition) is 1. The van der Waals surface area contributed by atoms with Crippen molar-refractivity contribution in [2.24, 2.45) is 9.98 Å². The normalized spacial score (nSPS) is 12.0. The van der Waals surface area contributed by atoms with Gasteiger partial charge in [-0.25, -0.2) is 9.38 Å². The molecule has 6 heteroatoms. The lowest BCUT2D eigenvalue weighted by Gasteiger charge is -2.29. The van der Waals surface area contributed by atoms with Crippen molar-refractivity contribution in [1.82, 2.24) is 15.1 Å². The molecule has 1 rings (SSSR count). The van der Waals surface area contributed by atoms with E-state index in [0.29, 0.717) is 13.0 Å². The molecule has 0 amide bonds. The molecule has 1 N–H and O–H groups in total. The average Bonchev–Trinajstić information content (AvgIpc) is 2.86. The summed E-state index contributed by atoms with van der Waals surface area (Å²) in [6.45, 7) is 27.5. The molecule has 0 spiro atoms. The molecular weight excluding hydrogens is 449 g/mol. The summed E-state index contributed by atoms with van der Waals surface area (Å²) in [5, 5.41) is 3.42. The van der Waals surface area contributed by atoms with Gasteiger partial charge in [0.15, 0.2) is 5.82 Å². The van der Waals surface area contributed by atoms with Gasteiger partial charge in [0, 0.05) is 38.8 Å². The Morgan fingerprint density at radius 3 is 2.50 bits per heavy atom. The van der Waals surface area contributed by atoms with E-state index in [0.717, 1.165) is 84.9 Å². The van der Waals surface area contributed by atoms with Crippen LogP contribution in [0.1, 0.15) is 57.6 Å². The molecule has 198 valence electrons. The summed E-state index contributed by atoms with van der Waals surface area (Å²) in [6.07, 6.45) is 6.38. The number of aryl methyl sites for hydroxylation is 1. The Labute approximate surface area is 218 Å². The summed E-state index contributed by atoms with van der Waals surface area (Å²) in [7, 11) is 2.04. The highest BCUT2D eigenvalue weighted by Gasteiger charge is 2.16. The predicted octanol–water partition coefficient (Wildman–Crippen LogP) is 6.64. The number of halogens is 1. The van der Waals surface area contributed by atoms with Crippen LogP contribution in [0.5, 0.6) is 0 Å². The second kappa shape index (κ2) is 16.5. The number of aliphatic imine (C=N–C) groups is 2. The molecule has 0 aromatic heterocycles. The number of unbranched alkanes of at least 4 members (excludes halogenated alkanes) is 1. The minimum atomic E-state index is -0.209. The van der Waals surface area contributed by atoms with Crippen LogP contribution in [0.2, 0.25) is 0 Å². The first-order chi connectivity index (χ1) is 17.2. The van der Waals surface area contributed by atoms with Gasteiger partial charge in [-0.2, -0.15) is 0 Å². The molecule has 0 saturated carbocycles. The van der Waals surface area contributed by atoms with Gasteiger partial charge in [-0.3, -0.25) is 4.99 Å². The van der Waals surface area contributed by atoms with E-state index in [1.165, 1.54) is 6.07 Å². The van der Waals surface area contributed by atoms with Crippen molar-refractivity contribution in [3.8, 4) is 0 Å². The Balaban J connectivity index is 2.70. The number of nitrogens with zero attached hydrogens (tertiary/aromatic N) is 4. The van der Waals surface area contributed by atoms with Gasteiger partial charge in [0.2, 0.25) is 0 Å². The van der Waals surface area contributed by atoms with Gasteiger partial charge in [-0.05, 0) is 76.2 Å². The molecule has 0 radical (unpaired) electrons. The lowest BCUT2D eigenvalue weighted by atomic mass is 10.0. The molecule has 0 saturated heterocycles. The predicted molar refractivity (Wildman–Crippen MR) is 155 cm³/mol. The van der Waals surface area contributed by atoms with Crippen LogP contribution in [0.25, 0.3) is 0 Å². The molecule has 0 heterocycles. The van der Waals surface area contributed by atoms with E-state index in [1.807, 2.05) is 31.9 Å². The lowest BCUT2D eigenvalue weighted by Crippen LogP contribution is -2.30. The van der Waals surface area contributed by atoms with Crippen molar-refractivity contribution >= 4 is 12.4 Å². The van der Waals surface area contributed by atoms with Gasteiger partial charge in [0.25, 0.3) is 0 Å². The molecular formula is C30H46FN5. The summed E-state index contributed by atoms with van der Waals surface area (Å²) in [6, 6.07) is 4.89. The molecule has 0 unspecified atom stereocenters. The zero-order chi connectivity index (χ0) is 27.1. The third kappa shape index (κ3) is 10.2. The van der Waals surface area contributed by atoms with Crippen molar-refractivity contribution < 1.29 is 4.39 Å². The Morgan fingerprint density at radius 1 is 1.17 bits per heavy atom. The zero-order valence-electron chi connectivity index (χ0n) is 23.2. The Bertz CT molecular complexity index is 960. The Hall–Kier alpha value is -3.15. The molecule has 0 aliphatic rings. The maximum absolute atomic E-state index is 13.6. The summed E-state index contributed by atoms with van der Waals surface area (Å²) in [5.74, 6) is 0.541. The number of hydrogen-bond acceptors (Lipinski definition) is 5. The topological polar surface area (TPSA) is 43.2 Å². The maximum Gasteiger partial charge on any atom is 0.157 e. The zero-order valence-corrected chi connectivity index (χ0v) is 23.2. The molecule has 0 atom stereocenters. The number of benzene rings is 1. The minimum absolute atomic E-state index is 0.209. The Morgan fingerprint density at radius 2 is 1.89 bits per heavy atom. The van der Waals surface area contributed by atoms with Crippen LogP contribution in [0.15, 0.2) is 76.9 Å². The third-order valence-corrected chi connectivity index (χ3v) is 6.08. The minimum Gasteiger partial charge on any atom is -0.381 e. The van der Waals surface area contributed by atoms with Crippen LogP contribution >= 0.6 is 0 Å². The molecule has 5 nitrogen and oxygen atoms in total. The van der Waals surface area contributed by atoms with E-state index in [2.05, 4.69) is 60.5 Å². The van der Waals surface area contributed by atoms with Crippen molar-refractivity contribution in [2.75, 3.05) is 33.2 Å². The van der Waals surface area contributed by atoms with Gasteiger partial charge < -0.3 is 15.1 Å². The summed E-state index contributed by atoms with van der Waals surface area (Å²) < 4.78 is 13.6. The molecule has 0 aliphatic carbocycles. The smallest absolute Gasteiger partial charge is 0.157 e. The lowest BCUT2D eigenvalue weighted by molar-refractivity contribution is 0.396. The fourth-order valence-corrected chi connectivity index (χ4v) is 3.79. The largest absolute Gasteiger partial charge is 0.381 e. The highest BCUT2D eigenvalue weighted by Crippen LogP contribution is 2.20. The van der Waals surface area contributed by atoms with E-state index in [1.54, 1.807) is 12.3 Å². The first kappa shape index (κ1) is 30.9. The van der Waals surface area contributed by atoms with Gasteiger partial charge in [0.05, 0.1) is 12.2 Å². The van der Waals surface area contributed by atoms with Crippen molar-refractivity contribution in [2.45, 2.75) is 59.8 Å². The Kier molecular flexibility index (Phi) is 14.2. The third-order valence-electron chi connectivity index (χ3n) is 6.08. The molecule has 0 fully saturated rings. The van der Waals surface area contributed by atoms with Crippen LogP contribution < -0.4 is 5.32 Å². The summed E-state index contributed by atoms with van der Waals surface area (Å²) in [5.41, 5.74) is 5.86. The van der Waals surface area contributed by atoms with E-state index in [-0.39, 0.29) is 5.82 Å².